The van der Waals surface area contributed by atoms with E-state index in [0.29, 0.717) is 12.2 Å². The van der Waals surface area contributed by atoms with E-state index in [1.165, 1.54) is 9.08 Å². The Bertz CT molecular complexity index is 791. The molecular weight excluding hydrogens is 256 g/mol. The molecule has 3 aromatic rings. The number of hydrogen-bond donors (Lipinski definition) is 1. The summed E-state index contributed by atoms with van der Waals surface area (Å²) >= 11 is 0. The third kappa shape index (κ3) is 2.25. The van der Waals surface area contributed by atoms with Gasteiger partial charge in [-0.3, -0.25) is 4.98 Å². The van der Waals surface area contributed by atoms with Gasteiger partial charge >= 0.3 is 5.69 Å². The summed E-state index contributed by atoms with van der Waals surface area (Å²) in [5.41, 5.74) is 1.33. The minimum absolute atomic E-state index is 0.177. The average Bonchev–Trinajstić information content (AvgIpc) is 2.77. The Morgan fingerprint density at radius 3 is 3.05 bits per heavy atom. The van der Waals surface area contributed by atoms with Crippen molar-refractivity contribution in [2.45, 2.75) is 13.5 Å². The van der Waals surface area contributed by atoms with E-state index in [2.05, 4.69) is 20.4 Å². The molecule has 20 heavy (non-hydrogen) atoms. The summed E-state index contributed by atoms with van der Waals surface area (Å²) in [5, 5.41) is 7.39. The van der Waals surface area contributed by atoms with Gasteiger partial charge < -0.3 is 5.32 Å². The molecule has 0 radical (unpaired) electrons. The van der Waals surface area contributed by atoms with Crippen LogP contribution >= 0.6 is 0 Å². The molecule has 0 bridgehead atoms. The van der Waals surface area contributed by atoms with Crippen LogP contribution in [0.15, 0.2) is 41.7 Å². The summed E-state index contributed by atoms with van der Waals surface area (Å²) in [7, 11) is 0. The SMILES string of the molecule is CCNc1cc(Cn2nc3cnccn3c2=O)ccn1. The van der Waals surface area contributed by atoms with Crippen molar-refractivity contribution in [3.63, 3.8) is 0 Å². The molecule has 0 saturated heterocycles. The summed E-state index contributed by atoms with van der Waals surface area (Å²) in [6.45, 7) is 3.21. The standard InChI is InChI=1S/C13H14N6O/c1-2-15-11-7-10(3-4-16-11)9-19-13(20)18-6-5-14-8-12(18)17-19/h3-8H,2,9H2,1H3,(H,15,16). The van der Waals surface area contributed by atoms with Crippen LogP contribution in [0.3, 0.4) is 0 Å². The summed E-state index contributed by atoms with van der Waals surface area (Å²) in [5.74, 6) is 0.795. The molecule has 3 heterocycles. The summed E-state index contributed by atoms with van der Waals surface area (Å²) in [4.78, 5) is 20.3. The summed E-state index contributed by atoms with van der Waals surface area (Å²) < 4.78 is 2.89. The molecule has 0 aliphatic rings. The lowest BCUT2D eigenvalue weighted by Crippen LogP contribution is -2.21. The Balaban J connectivity index is 1.95. The third-order valence-corrected chi connectivity index (χ3v) is 2.90. The normalized spacial score (nSPS) is 10.8. The van der Waals surface area contributed by atoms with Gasteiger partial charge in [-0.25, -0.2) is 18.9 Å². The predicted molar refractivity (Wildman–Crippen MR) is 74.7 cm³/mol. The number of fused-ring (bicyclic) bond motifs is 1. The molecule has 7 nitrogen and oxygen atoms in total. The first-order chi connectivity index (χ1) is 9.78. The molecular formula is C13H14N6O. The monoisotopic (exact) mass is 270 g/mol. The second kappa shape index (κ2) is 5.12. The molecule has 1 N–H and O–H groups in total. The van der Waals surface area contributed by atoms with Gasteiger partial charge in [0.15, 0.2) is 5.65 Å². The third-order valence-electron chi connectivity index (χ3n) is 2.90. The van der Waals surface area contributed by atoms with Crippen molar-refractivity contribution in [1.82, 2.24) is 24.1 Å². The Morgan fingerprint density at radius 2 is 2.25 bits per heavy atom. The maximum Gasteiger partial charge on any atom is 0.350 e. The lowest BCUT2D eigenvalue weighted by Gasteiger charge is -2.04. The van der Waals surface area contributed by atoms with Crippen molar-refractivity contribution in [3.05, 3.63) is 53.0 Å². The summed E-state index contributed by atoms with van der Waals surface area (Å²) in [6.07, 6.45) is 6.46. The van der Waals surface area contributed by atoms with Gasteiger partial charge in [0.05, 0.1) is 12.7 Å². The lowest BCUT2D eigenvalue weighted by atomic mass is 10.2. The first kappa shape index (κ1) is 12.3. The van der Waals surface area contributed by atoms with Gasteiger partial charge in [-0.1, -0.05) is 0 Å². The van der Waals surface area contributed by atoms with E-state index in [4.69, 9.17) is 0 Å². The van der Waals surface area contributed by atoms with E-state index >= 15 is 0 Å². The lowest BCUT2D eigenvalue weighted by molar-refractivity contribution is 0.658. The Kier molecular flexibility index (Phi) is 3.16. The van der Waals surface area contributed by atoms with Crippen molar-refractivity contribution in [2.24, 2.45) is 0 Å². The number of anilines is 1. The van der Waals surface area contributed by atoms with Crippen LogP contribution in [0.1, 0.15) is 12.5 Å². The number of nitrogens with zero attached hydrogens (tertiary/aromatic N) is 5. The molecule has 0 aromatic carbocycles. The van der Waals surface area contributed by atoms with Gasteiger partial charge in [-0.2, -0.15) is 0 Å². The van der Waals surface area contributed by atoms with Crippen LogP contribution in [0.5, 0.6) is 0 Å². The molecule has 0 aliphatic heterocycles. The molecule has 3 rings (SSSR count). The van der Waals surface area contributed by atoms with Crippen LogP contribution < -0.4 is 11.0 Å². The van der Waals surface area contributed by atoms with Gasteiger partial charge in [-0.05, 0) is 24.6 Å². The second-order valence-electron chi connectivity index (χ2n) is 4.32. The molecule has 0 spiro atoms. The topological polar surface area (TPSA) is 77.1 Å². The van der Waals surface area contributed by atoms with Crippen LogP contribution in [-0.2, 0) is 6.54 Å². The number of aromatic nitrogens is 5. The summed E-state index contributed by atoms with van der Waals surface area (Å²) in [6, 6.07) is 3.79. The largest absolute Gasteiger partial charge is 0.370 e. The maximum absolute atomic E-state index is 12.1. The molecule has 0 fully saturated rings. The van der Waals surface area contributed by atoms with Crippen LogP contribution in [0, 0.1) is 0 Å². The van der Waals surface area contributed by atoms with Crippen molar-refractivity contribution in [3.8, 4) is 0 Å². The zero-order valence-corrected chi connectivity index (χ0v) is 11.0. The zero-order chi connectivity index (χ0) is 13.9. The van der Waals surface area contributed by atoms with Gasteiger partial charge in [0.2, 0.25) is 0 Å². The van der Waals surface area contributed by atoms with Crippen molar-refractivity contribution in [2.75, 3.05) is 11.9 Å². The van der Waals surface area contributed by atoms with E-state index in [-0.39, 0.29) is 5.69 Å². The van der Waals surface area contributed by atoms with Gasteiger partial charge in [-0.15, -0.1) is 5.10 Å². The van der Waals surface area contributed by atoms with E-state index in [9.17, 15) is 4.79 Å². The molecule has 0 atom stereocenters. The smallest absolute Gasteiger partial charge is 0.350 e. The fourth-order valence-corrected chi connectivity index (χ4v) is 2.01. The van der Waals surface area contributed by atoms with E-state index < -0.39 is 0 Å². The van der Waals surface area contributed by atoms with Crippen molar-refractivity contribution < 1.29 is 0 Å². The van der Waals surface area contributed by atoms with Crippen molar-refractivity contribution >= 4 is 11.5 Å². The molecule has 0 saturated carbocycles. The first-order valence-electron chi connectivity index (χ1n) is 6.36. The zero-order valence-electron chi connectivity index (χ0n) is 11.0. The Labute approximate surface area is 114 Å². The quantitative estimate of drug-likeness (QED) is 0.757. The molecule has 7 heteroatoms. The molecule has 3 aromatic heterocycles. The molecule has 102 valence electrons. The number of rotatable bonds is 4. The highest BCUT2D eigenvalue weighted by Gasteiger charge is 2.07. The fourth-order valence-electron chi connectivity index (χ4n) is 2.01. The van der Waals surface area contributed by atoms with Crippen LogP contribution in [0.4, 0.5) is 5.82 Å². The predicted octanol–water partition coefficient (Wildman–Crippen LogP) is 0.766. The van der Waals surface area contributed by atoms with Crippen LogP contribution in [-0.4, -0.2) is 30.7 Å². The number of pyridine rings is 1. The van der Waals surface area contributed by atoms with E-state index in [1.54, 1.807) is 24.8 Å². The molecule has 0 aliphatic carbocycles. The highest BCUT2D eigenvalue weighted by Crippen LogP contribution is 2.07. The minimum atomic E-state index is -0.177. The van der Waals surface area contributed by atoms with Crippen LogP contribution in [0.2, 0.25) is 0 Å². The maximum atomic E-state index is 12.1. The van der Waals surface area contributed by atoms with Crippen molar-refractivity contribution in [1.29, 1.82) is 0 Å². The van der Waals surface area contributed by atoms with Gasteiger partial charge in [0.1, 0.15) is 5.82 Å². The van der Waals surface area contributed by atoms with E-state index in [0.717, 1.165) is 17.9 Å². The van der Waals surface area contributed by atoms with Crippen LogP contribution in [0.25, 0.3) is 5.65 Å². The molecule has 0 unspecified atom stereocenters. The minimum Gasteiger partial charge on any atom is -0.370 e. The fraction of sp³-hybridized carbons (Fsp3) is 0.231. The number of hydrogen-bond acceptors (Lipinski definition) is 5. The van der Waals surface area contributed by atoms with Gasteiger partial charge in [0, 0.05) is 25.1 Å². The Morgan fingerprint density at radius 1 is 1.35 bits per heavy atom. The highest BCUT2D eigenvalue weighted by molar-refractivity contribution is 5.37. The number of nitrogens with one attached hydrogen (secondary N) is 1. The highest BCUT2D eigenvalue weighted by atomic mass is 16.2. The first-order valence-corrected chi connectivity index (χ1v) is 6.36. The second-order valence-corrected chi connectivity index (χ2v) is 4.32. The van der Waals surface area contributed by atoms with Gasteiger partial charge in [0.25, 0.3) is 0 Å². The average molecular weight is 270 g/mol. The molecule has 0 amide bonds. The Hall–Kier alpha value is -2.70. The van der Waals surface area contributed by atoms with E-state index in [1.807, 2.05) is 19.1 Å².